The van der Waals surface area contributed by atoms with Gasteiger partial charge in [-0.05, 0) is 11.6 Å². The van der Waals surface area contributed by atoms with Crippen LogP contribution in [0.25, 0.3) is 0 Å². The molecule has 2 nitrogen and oxygen atoms in total. The second kappa shape index (κ2) is 5.20. The van der Waals surface area contributed by atoms with Crippen molar-refractivity contribution in [2.45, 2.75) is 27.5 Å². The van der Waals surface area contributed by atoms with Crippen LogP contribution in [-0.4, -0.2) is 40.6 Å². The summed E-state index contributed by atoms with van der Waals surface area (Å²) in [4.78, 5) is 10.5. The third kappa shape index (κ3) is 2.61. The van der Waals surface area contributed by atoms with Crippen molar-refractivity contribution in [3.63, 3.8) is 0 Å². The minimum absolute atomic E-state index is 0.223. The summed E-state index contributed by atoms with van der Waals surface area (Å²) in [7, 11) is 0.223. The number of rotatable bonds is 5. The Morgan fingerprint density at radius 3 is 1.45 bits per heavy atom. The Kier molecular flexibility index (Phi) is 5.15. The van der Waals surface area contributed by atoms with Gasteiger partial charge in [-0.3, -0.25) is 0 Å². The second-order valence-corrected chi connectivity index (χ2v) is 4.80. The fraction of sp³-hybridized carbons (Fsp3) is 0.857. The van der Waals surface area contributed by atoms with Crippen LogP contribution in [0.2, 0.25) is 0 Å². The molecular weight excluding hydrogens is 374 g/mol. The van der Waals surface area contributed by atoms with E-state index >= 15 is 0 Å². The van der Waals surface area contributed by atoms with E-state index in [9.17, 15) is 39.9 Å². The fourth-order valence-corrected chi connectivity index (χ4v) is 1.33. The molecule has 0 unspecified atom stereocenters. The zero-order chi connectivity index (χ0) is 16.8. The summed E-state index contributed by atoms with van der Waals surface area (Å²) in [6, 6.07) is 0. The van der Waals surface area contributed by atoms with Gasteiger partial charge in [-0.25, -0.2) is 13.6 Å². The lowest BCUT2D eigenvalue weighted by Gasteiger charge is -2.38. The summed E-state index contributed by atoms with van der Waals surface area (Å²) in [5.41, 5.74) is 0. The summed E-state index contributed by atoms with van der Waals surface area (Å²) in [5.74, 6) is -15.4. The molecule has 0 aromatic carbocycles. The smallest absolute Gasteiger partial charge is 0.395 e. The van der Waals surface area contributed by atoms with Crippen molar-refractivity contribution >= 4 is 40.8 Å². The Bertz CT molecular complexity index is 392. The maximum absolute atomic E-state index is 13.4. The molecule has 0 fully saturated rings. The summed E-state index contributed by atoms with van der Waals surface area (Å²) in [6.07, 6.45) is 0. The zero-order valence-corrected chi connectivity index (χ0v) is 11.2. The average Bonchev–Trinajstić information content (AvgIpc) is 2.25. The van der Waals surface area contributed by atoms with Gasteiger partial charge < -0.3 is 4.74 Å². The third-order valence-electron chi connectivity index (χ3n) is 1.98. The molecule has 0 saturated carbocycles. The molecule has 0 spiro atoms. The maximum Gasteiger partial charge on any atom is 0.395 e. The van der Waals surface area contributed by atoms with Gasteiger partial charge >= 0.3 is 33.5 Å². The highest BCUT2D eigenvalue weighted by Crippen LogP contribution is 2.60. The van der Waals surface area contributed by atoms with Gasteiger partial charge in [0.05, 0.1) is 7.11 Å². The summed E-state index contributed by atoms with van der Waals surface area (Å²) in [6.45, 7) is 0. The Hall–Kier alpha value is -0.220. The van der Waals surface area contributed by atoms with Crippen molar-refractivity contribution in [3.8, 4) is 0 Å². The van der Waals surface area contributed by atoms with E-state index in [1.165, 1.54) is 0 Å². The molecule has 0 aliphatic rings. The number of hydrogen-bond acceptors (Lipinski definition) is 2. The highest BCUT2D eigenvalue weighted by atomic mass is 35.5. The van der Waals surface area contributed by atoms with E-state index in [4.69, 9.17) is 0 Å². The lowest BCUT2D eigenvalue weighted by molar-refractivity contribution is -0.265. The Labute approximate surface area is 120 Å². The zero-order valence-electron chi connectivity index (χ0n) is 8.97. The molecule has 0 aliphatic heterocycles. The standard InChI is InChI=1S/C7H3Cl3F8O2/c1-20-2(19)3(11,12)4(8,13)6(15,16)5(9,14)7(10,17)18/h1H3/t4-,5+/m0/s1. The van der Waals surface area contributed by atoms with E-state index in [1.54, 1.807) is 0 Å². The van der Waals surface area contributed by atoms with Crippen LogP contribution in [0.1, 0.15) is 0 Å². The molecule has 13 heteroatoms. The number of carbonyl (C=O) groups excluding carboxylic acids is 1. The van der Waals surface area contributed by atoms with Crippen LogP contribution >= 0.6 is 34.8 Å². The topological polar surface area (TPSA) is 26.3 Å². The largest absolute Gasteiger partial charge is 0.464 e. The van der Waals surface area contributed by atoms with E-state index in [1.807, 2.05) is 0 Å². The van der Waals surface area contributed by atoms with Crippen molar-refractivity contribution in [1.29, 1.82) is 0 Å². The summed E-state index contributed by atoms with van der Waals surface area (Å²) >= 11 is 12.0. The van der Waals surface area contributed by atoms with E-state index in [2.05, 4.69) is 39.5 Å². The summed E-state index contributed by atoms with van der Waals surface area (Å²) < 4.78 is 107. The molecule has 0 heterocycles. The molecule has 0 bridgehead atoms. The predicted octanol–water partition coefficient (Wildman–Crippen LogP) is 4.07. The average molecular weight is 377 g/mol. The Morgan fingerprint density at radius 1 is 0.850 bits per heavy atom. The van der Waals surface area contributed by atoms with E-state index in [0.29, 0.717) is 0 Å². The predicted molar refractivity (Wildman–Crippen MR) is 52.1 cm³/mol. The normalized spacial score (nSPS) is 20.0. The first-order valence-electron chi connectivity index (χ1n) is 4.15. The quantitative estimate of drug-likeness (QED) is 0.410. The molecular formula is C7H3Cl3F8O2. The van der Waals surface area contributed by atoms with E-state index in [0.717, 1.165) is 0 Å². The van der Waals surface area contributed by atoms with Gasteiger partial charge in [0.1, 0.15) is 0 Å². The number of methoxy groups -OCH3 is 1. The van der Waals surface area contributed by atoms with Crippen LogP contribution in [0.4, 0.5) is 35.1 Å². The van der Waals surface area contributed by atoms with Crippen LogP contribution in [0.15, 0.2) is 0 Å². The van der Waals surface area contributed by atoms with Crippen molar-refractivity contribution in [2.75, 3.05) is 7.11 Å². The van der Waals surface area contributed by atoms with Gasteiger partial charge in [0.25, 0.3) is 0 Å². The monoisotopic (exact) mass is 376 g/mol. The first-order valence-corrected chi connectivity index (χ1v) is 5.28. The maximum atomic E-state index is 13.4. The lowest BCUT2D eigenvalue weighted by Crippen LogP contribution is -2.67. The molecule has 20 heavy (non-hydrogen) atoms. The molecule has 0 saturated heterocycles. The number of esters is 1. The molecule has 120 valence electrons. The third-order valence-corrected chi connectivity index (χ3v) is 3.29. The Morgan fingerprint density at radius 2 is 1.20 bits per heavy atom. The van der Waals surface area contributed by atoms with Gasteiger partial charge in [-0.1, -0.05) is 23.2 Å². The van der Waals surface area contributed by atoms with Gasteiger partial charge in [-0.2, -0.15) is 26.3 Å². The Balaban J connectivity index is 6.00. The second-order valence-electron chi connectivity index (χ2n) is 3.29. The van der Waals surface area contributed by atoms with Gasteiger partial charge in [0.2, 0.25) is 0 Å². The van der Waals surface area contributed by atoms with E-state index in [-0.39, 0.29) is 7.11 Å². The minimum Gasteiger partial charge on any atom is -0.464 e. The SMILES string of the molecule is COC(=O)C(F)(F)[C@@](F)(Cl)C(F)(F)[C@](F)(Cl)C(F)(F)Cl. The number of alkyl halides is 11. The van der Waals surface area contributed by atoms with Gasteiger partial charge in [-0.15, -0.1) is 0 Å². The lowest BCUT2D eigenvalue weighted by atomic mass is 10.0. The molecule has 0 aliphatic carbocycles. The molecule has 0 radical (unpaired) electrons. The molecule has 0 aromatic heterocycles. The molecule has 2 atom stereocenters. The molecule has 0 amide bonds. The first-order chi connectivity index (χ1) is 8.48. The van der Waals surface area contributed by atoms with Crippen molar-refractivity contribution < 1.29 is 44.7 Å². The van der Waals surface area contributed by atoms with Crippen molar-refractivity contribution in [2.24, 2.45) is 0 Å². The highest BCUT2D eigenvalue weighted by molar-refractivity contribution is 6.34. The van der Waals surface area contributed by atoms with Crippen LogP contribution in [0, 0.1) is 0 Å². The van der Waals surface area contributed by atoms with Crippen molar-refractivity contribution in [1.82, 2.24) is 0 Å². The molecule has 0 rings (SSSR count). The van der Waals surface area contributed by atoms with E-state index < -0.39 is 33.5 Å². The van der Waals surface area contributed by atoms with Crippen LogP contribution in [0.5, 0.6) is 0 Å². The number of ether oxygens (including phenoxy) is 1. The van der Waals surface area contributed by atoms with Gasteiger partial charge in [0, 0.05) is 0 Å². The number of halogens is 11. The first kappa shape index (κ1) is 19.8. The summed E-state index contributed by atoms with van der Waals surface area (Å²) in [5, 5.41) is -17.5. The van der Waals surface area contributed by atoms with Gasteiger partial charge in [0.15, 0.2) is 0 Å². The molecule has 0 N–H and O–H groups in total. The minimum atomic E-state index is -6.49. The van der Waals surface area contributed by atoms with Crippen molar-refractivity contribution in [3.05, 3.63) is 0 Å². The fourth-order valence-electron chi connectivity index (χ4n) is 0.829. The van der Waals surface area contributed by atoms with Crippen LogP contribution in [0.3, 0.4) is 0 Å². The highest BCUT2D eigenvalue weighted by Gasteiger charge is 2.85. The van der Waals surface area contributed by atoms with Crippen LogP contribution < -0.4 is 0 Å². The molecule has 0 aromatic rings. The number of hydrogen-bond donors (Lipinski definition) is 0. The number of carbonyl (C=O) groups is 1. The van der Waals surface area contributed by atoms with Crippen LogP contribution in [-0.2, 0) is 9.53 Å².